The van der Waals surface area contributed by atoms with Gasteiger partial charge in [-0.05, 0) is 43.3 Å². The Morgan fingerprint density at radius 3 is 2.43 bits per heavy atom. The summed E-state index contributed by atoms with van der Waals surface area (Å²) in [6.45, 7) is 1.47. The van der Waals surface area contributed by atoms with Crippen molar-refractivity contribution in [2.24, 2.45) is 0 Å². The van der Waals surface area contributed by atoms with Crippen LogP contribution < -0.4 is 10.0 Å². The fraction of sp³-hybridized carbons (Fsp3) is 0.0500. The minimum absolute atomic E-state index is 0.0871. The van der Waals surface area contributed by atoms with Gasteiger partial charge in [0.2, 0.25) is 0 Å². The van der Waals surface area contributed by atoms with E-state index < -0.39 is 20.9 Å². The van der Waals surface area contributed by atoms with Crippen molar-refractivity contribution in [2.45, 2.75) is 11.8 Å². The molecule has 30 heavy (non-hydrogen) atoms. The summed E-state index contributed by atoms with van der Waals surface area (Å²) in [7, 11) is -3.96. The number of nitro benzene ring substituents is 1. The molecule has 3 rings (SSSR count). The van der Waals surface area contributed by atoms with Gasteiger partial charge in [-0.2, -0.15) is 0 Å². The Morgan fingerprint density at radius 1 is 1.03 bits per heavy atom. The molecule has 154 valence electrons. The smallest absolute Gasteiger partial charge is 0.273 e. The maximum Gasteiger partial charge on any atom is 0.273 e. The van der Waals surface area contributed by atoms with Crippen LogP contribution in [0.3, 0.4) is 0 Å². The number of carbonyl (C=O) groups is 1. The van der Waals surface area contributed by atoms with Crippen molar-refractivity contribution in [2.75, 3.05) is 10.0 Å². The summed E-state index contributed by atoms with van der Waals surface area (Å²) in [6.07, 6.45) is 0. The van der Waals surface area contributed by atoms with Gasteiger partial charge in [0, 0.05) is 22.9 Å². The second-order valence-electron chi connectivity index (χ2n) is 6.27. The van der Waals surface area contributed by atoms with Crippen molar-refractivity contribution in [3.63, 3.8) is 0 Å². The lowest BCUT2D eigenvalue weighted by molar-refractivity contribution is -0.385. The van der Waals surface area contributed by atoms with Crippen molar-refractivity contribution in [1.29, 1.82) is 0 Å². The number of hydrogen-bond donors (Lipinski definition) is 2. The van der Waals surface area contributed by atoms with E-state index in [1.54, 1.807) is 18.2 Å². The number of rotatable bonds is 6. The second kappa shape index (κ2) is 8.52. The quantitative estimate of drug-likeness (QED) is 0.424. The zero-order valence-corrected chi connectivity index (χ0v) is 17.2. The van der Waals surface area contributed by atoms with E-state index in [9.17, 15) is 23.3 Å². The molecule has 0 aliphatic carbocycles. The molecule has 0 aliphatic heterocycles. The number of carbonyl (C=O) groups excluding carboxylic acids is 1. The summed E-state index contributed by atoms with van der Waals surface area (Å²) in [4.78, 5) is 23.0. The largest absolute Gasteiger partial charge is 0.322 e. The first-order valence-electron chi connectivity index (χ1n) is 8.62. The molecule has 0 fully saturated rings. The molecular formula is C20H16ClN3O5S. The zero-order chi connectivity index (χ0) is 21.9. The van der Waals surface area contributed by atoms with Crippen LogP contribution in [0.1, 0.15) is 15.9 Å². The highest BCUT2D eigenvalue weighted by Gasteiger charge is 2.20. The lowest BCUT2D eigenvalue weighted by Crippen LogP contribution is -2.16. The van der Waals surface area contributed by atoms with Crippen LogP contribution in [-0.4, -0.2) is 19.2 Å². The Morgan fingerprint density at radius 2 is 1.73 bits per heavy atom. The van der Waals surface area contributed by atoms with Gasteiger partial charge < -0.3 is 5.32 Å². The van der Waals surface area contributed by atoms with E-state index in [2.05, 4.69) is 10.0 Å². The first-order chi connectivity index (χ1) is 14.2. The molecule has 0 saturated heterocycles. The Labute approximate surface area is 177 Å². The molecule has 0 saturated carbocycles. The standard InChI is InChI=1S/C20H16ClN3O5S/c1-13-16(8-5-11-19(13)24(26)27)20(25)22-14-6-4-7-15(12-14)30(28,29)23-18-10-3-2-9-17(18)21/h2-12,23H,1H3,(H,22,25). The molecule has 3 aromatic rings. The van der Waals surface area contributed by atoms with E-state index in [4.69, 9.17) is 11.6 Å². The number of para-hydroxylation sites is 1. The van der Waals surface area contributed by atoms with E-state index in [-0.39, 0.29) is 38.1 Å². The molecule has 0 aliphatic rings. The summed E-state index contributed by atoms with van der Waals surface area (Å²) in [5.74, 6) is -0.593. The second-order valence-corrected chi connectivity index (χ2v) is 8.36. The first-order valence-corrected chi connectivity index (χ1v) is 10.5. The van der Waals surface area contributed by atoms with E-state index in [1.807, 2.05) is 0 Å². The Hall–Kier alpha value is -3.43. The highest BCUT2D eigenvalue weighted by atomic mass is 35.5. The fourth-order valence-corrected chi connectivity index (χ4v) is 4.12. The van der Waals surface area contributed by atoms with Gasteiger partial charge in [-0.3, -0.25) is 19.6 Å². The average Bonchev–Trinajstić information content (AvgIpc) is 2.69. The molecule has 0 bridgehead atoms. The molecule has 0 heterocycles. The number of nitrogens with one attached hydrogen (secondary N) is 2. The van der Waals surface area contributed by atoms with Crippen LogP contribution in [0.2, 0.25) is 5.02 Å². The Kier molecular flexibility index (Phi) is 6.04. The lowest BCUT2D eigenvalue weighted by atomic mass is 10.1. The highest BCUT2D eigenvalue weighted by Crippen LogP contribution is 2.26. The van der Waals surface area contributed by atoms with Crippen molar-refractivity contribution < 1.29 is 18.1 Å². The van der Waals surface area contributed by atoms with Crippen LogP contribution in [0.4, 0.5) is 17.1 Å². The molecule has 0 atom stereocenters. The van der Waals surface area contributed by atoms with Gasteiger partial charge in [-0.1, -0.05) is 35.9 Å². The third-order valence-electron chi connectivity index (χ3n) is 4.27. The van der Waals surface area contributed by atoms with Gasteiger partial charge in [-0.15, -0.1) is 0 Å². The molecule has 1 amide bonds. The van der Waals surface area contributed by atoms with Crippen molar-refractivity contribution in [3.8, 4) is 0 Å². The summed E-state index contributed by atoms with van der Waals surface area (Å²) < 4.78 is 27.8. The average molecular weight is 446 g/mol. The van der Waals surface area contributed by atoms with Gasteiger partial charge in [0.1, 0.15) is 0 Å². The van der Waals surface area contributed by atoms with Crippen molar-refractivity contribution in [3.05, 3.63) is 93.0 Å². The molecule has 0 unspecified atom stereocenters. The van der Waals surface area contributed by atoms with Gasteiger partial charge in [0.25, 0.3) is 21.6 Å². The first kappa shape index (κ1) is 21.3. The molecule has 0 radical (unpaired) electrons. The number of nitrogens with zero attached hydrogens (tertiary/aromatic N) is 1. The monoisotopic (exact) mass is 445 g/mol. The van der Waals surface area contributed by atoms with Gasteiger partial charge in [-0.25, -0.2) is 8.42 Å². The summed E-state index contributed by atoms with van der Waals surface area (Å²) in [6, 6.07) is 16.2. The number of anilines is 2. The minimum Gasteiger partial charge on any atom is -0.322 e. The van der Waals surface area contributed by atoms with E-state index in [0.29, 0.717) is 0 Å². The maximum atomic E-state index is 12.7. The van der Waals surface area contributed by atoms with Crippen LogP contribution in [-0.2, 0) is 10.0 Å². The predicted octanol–water partition coefficient (Wildman–Crippen LogP) is 4.61. The normalized spacial score (nSPS) is 11.0. The number of halogens is 1. The van der Waals surface area contributed by atoms with E-state index in [1.165, 1.54) is 55.5 Å². The maximum absolute atomic E-state index is 12.7. The number of hydrogen-bond acceptors (Lipinski definition) is 5. The topological polar surface area (TPSA) is 118 Å². The molecule has 8 nitrogen and oxygen atoms in total. The van der Waals surface area contributed by atoms with Crippen LogP contribution >= 0.6 is 11.6 Å². The molecule has 2 N–H and O–H groups in total. The zero-order valence-electron chi connectivity index (χ0n) is 15.6. The molecule has 0 spiro atoms. The molecule has 0 aromatic heterocycles. The molecule has 3 aromatic carbocycles. The van der Waals surface area contributed by atoms with Crippen LogP contribution in [0.5, 0.6) is 0 Å². The van der Waals surface area contributed by atoms with E-state index >= 15 is 0 Å². The van der Waals surface area contributed by atoms with Crippen LogP contribution in [0.15, 0.2) is 71.6 Å². The van der Waals surface area contributed by atoms with Gasteiger partial charge in [0.05, 0.1) is 20.5 Å². The highest BCUT2D eigenvalue weighted by molar-refractivity contribution is 7.92. The van der Waals surface area contributed by atoms with Gasteiger partial charge >= 0.3 is 0 Å². The number of nitro groups is 1. The lowest BCUT2D eigenvalue weighted by Gasteiger charge is -2.12. The minimum atomic E-state index is -3.96. The Balaban J connectivity index is 1.86. The third-order valence-corrected chi connectivity index (χ3v) is 5.96. The molecular weight excluding hydrogens is 430 g/mol. The Bertz CT molecular complexity index is 1240. The SMILES string of the molecule is Cc1c(C(=O)Nc2cccc(S(=O)(=O)Nc3ccccc3Cl)c2)cccc1[N+](=O)[O-]. The van der Waals surface area contributed by atoms with Gasteiger partial charge in [0.15, 0.2) is 0 Å². The van der Waals surface area contributed by atoms with Crippen molar-refractivity contribution in [1.82, 2.24) is 0 Å². The fourth-order valence-electron chi connectivity index (χ4n) is 2.75. The van der Waals surface area contributed by atoms with Crippen LogP contribution in [0.25, 0.3) is 0 Å². The number of benzene rings is 3. The number of sulfonamides is 1. The summed E-state index contributed by atoms with van der Waals surface area (Å²) in [5.41, 5.74) is 0.590. The van der Waals surface area contributed by atoms with Crippen LogP contribution in [0, 0.1) is 17.0 Å². The third kappa shape index (κ3) is 4.58. The van der Waals surface area contributed by atoms with Crippen molar-refractivity contribution >= 4 is 44.6 Å². The predicted molar refractivity (Wildman–Crippen MR) is 114 cm³/mol. The molecule has 10 heteroatoms. The summed E-state index contributed by atoms with van der Waals surface area (Å²) in [5, 5.41) is 13.9. The van der Waals surface area contributed by atoms with E-state index in [0.717, 1.165) is 0 Å². The number of amides is 1. The summed E-state index contributed by atoms with van der Waals surface area (Å²) >= 11 is 6.00.